The quantitative estimate of drug-likeness (QED) is 0.570. The summed E-state index contributed by atoms with van der Waals surface area (Å²) < 4.78 is 0. The third kappa shape index (κ3) is 4.66. The molecule has 0 atom stereocenters. The van der Waals surface area contributed by atoms with E-state index < -0.39 is 0 Å². The summed E-state index contributed by atoms with van der Waals surface area (Å²) in [6.45, 7) is 2.24. The van der Waals surface area contributed by atoms with Crippen molar-refractivity contribution in [2.24, 2.45) is 0 Å². The zero-order valence-corrected chi connectivity index (χ0v) is 14.7. The first-order valence-electron chi connectivity index (χ1n) is 8.97. The van der Waals surface area contributed by atoms with Crippen molar-refractivity contribution >= 4 is 0 Å². The number of hydrogen-bond acceptors (Lipinski definition) is 3. The van der Waals surface area contributed by atoms with Crippen molar-refractivity contribution in [2.75, 3.05) is 0 Å². The van der Waals surface area contributed by atoms with Crippen LogP contribution in [0.3, 0.4) is 0 Å². The van der Waals surface area contributed by atoms with E-state index >= 15 is 0 Å². The maximum Gasteiger partial charge on any atom is 0.159 e. The summed E-state index contributed by atoms with van der Waals surface area (Å²) in [4.78, 5) is 8.29. The Hall–Kier alpha value is -2.68. The largest absolute Gasteiger partial charge is 0.505 e. The molecule has 3 nitrogen and oxygen atoms in total. The number of benzene rings is 2. The molecular formula is C22H24N2O. The van der Waals surface area contributed by atoms with E-state index in [1.54, 1.807) is 0 Å². The lowest BCUT2D eigenvalue weighted by atomic mass is 10.00. The molecule has 0 radical (unpaired) electrons. The Balaban J connectivity index is 1.66. The summed E-state index contributed by atoms with van der Waals surface area (Å²) in [5, 5.41) is 9.27. The van der Waals surface area contributed by atoms with Crippen molar-refractivity contribution in [3.8, 4) is 28.3 Å². The molecule has 1 aromatic heterocycles. The van der Waals surface area contributed by atoms with Crippen LogP contribution in [0.5, 0.6) is 5.75 Å². The molecule has 1 N–H and O–H groups in total. The molecule has 3 heteroatoms. The highest BCUT2D eigenvalue weighted by molar-refractivity contribution is 5.67. The normalized spacial score (nSPS) is 10.8. The lowest BCUT2D eigenvalue weighted by molar-refractivity contribution is 0.470. The second-order valence-electron chi connectivity index (χ2n) is 6.35. The maximum atomic E-state index is 9.27. The molecule has 1 heterocycles. The first-order chi connectivity index (χ1) is 12.3. The van der Waals surface area contributed by atoms with Gasteiger partial charge in [0.2, 0.25) is 0 Å². The molecular weight excluding hydrogens is 308 g/mol. The van der Waals surface area contributed by atoms with E-state index in [0.29, 0.717) is 5.82 Å². The van der Waals surface area contributed by atoms with E-state index in [1.165, 1.54) is 54.8 Å². The Bertz CT molecular complexity index is 778. The number of unbranched alkanes of at least 4 members (excludes halogenated alkanes) is 3. The van der Waals surface area contributed by atoms with Crippen molar-refractivity contribution in [1.29, 1.82) is 0 Å². The van der Waals surface area contributed by atoms with E-state index in [-0.39, 0.29) is 5.75 Å². The molecule has 3 rings (SSSR count). The van der Waals surface area contributed by atoms with Crippen molar-refractivity contribution < 1.29 is 5.11 Å². The van der Waals surface area contributed by atoms with Gasteiger partial charge < -0.3 is 5.11 Å². The molecule has 0 saturated carbocycles. The minimum Gasteiger partial charge on any atom is -0.505 e. The van der Waals surface area contributed by atoms with Gasteiger partial charge in [0.15, 0.2) is 11.6 Å². The zero-order chi connectivity index (χ0) is 17.5. The molecule has 0 fully saturated rings. The topological polar surface area (TPSA) is 46.0 Å². The molecule has 0 bridgehead atoms. The van der Waals surface area contributed by atoms with Gasteiger partial charge in [0.05, 0.1) is 12.4 Å². The fraction of sp³-hybridized carbons (Fsp3) is 0.273. The number of nitrogens with zero attached hydrogens (tertiary/aromatic N) is 2. The van der Waals surface area contributed by atoms with Crippen molar-refractivity contribution in [3.63, 3.8) is 0 Å². The van der Waals surface area contributed by atoms with E-state index in [1.807, 2.05) is 12.1 Å². The molecule has 0 spiro atoms. The third-order valence-corrected chi connectivity index (χ3v) is 4.39. The van der Waals surface area contributed by atoms with E-state index in [2.05, 4.69) is 53.3 Å². The van der Waals surface area contributed by atoms with Crippen LogP contribution in [0.4, 0.5) is 0 Å². The molecule has 0 aliphatic carbocycles. The summed E-state index contributed by atoms with van der Waals surface area (Å²) >= 11 is 0. The fourth-order valence-electron chi connectivity index (χ4n) is 2.90. The van der Waals surface area contributed by atoms with E-state index in [0.717, 1.165) is 12.0 Å². The third-order valence-electron chi connectivity index (χ3n) is 4.39. The van der Waals surface area contributed by atoms with Crippen LogP contribution >= 0.6 is 0 Å². The lowest BCUT2D eigenvalue weighted by Gasteiger charge is -2.06. The van der Waals surface area contributed by atoms with Crippen LogP contribution in [-0.4, -0.2) is 15.1 Å². The molecule has 25 heavy (non-hydrogen) atoms. The van der Waals surface area contributed by atoms with Gasteiger partial charge in [0, 0.05) is 5.56 Å². The highest BCUT2D eigenvalue weighted by atomic mass is 16.3. The van der Waals surface area contributed by atoms with E-state index in [9.17, 15) is 5.11 Å². The van der Waals surface area contributed by atoms with Gasteiger partial charge in [0.25, 0.3) is 0 Å². The first-order valence-corrected chi connectivity index (χ1v) is 8.97. The minimum absolute atomic E-state index is 0.0788. The van der Waals surface area contributed by atoms with Crippen molar-refractivity contribution in [1.82, 2.24) is 9.97 Å². The highest BCUT2D eigenvalue weighted by Crippen LogP contribution is 2.24. The predicted octanol–water partition coefficient (Wildman–Crippen LogP) is 5.64. The van der Waals surface area contributed by atoms with Crippen molar-refractivity contribution in [3.05, 3.63) is 66.5 Å². The Morgan fingerprint density at radius 2 is 1.28 bits per heavy atom. The minimum atomic E-state index is 0.0788. The smallest absolute Gasteiger partial charge is 0.159 e. The van der Waals surface area contributed by atoms with Gasteiger partial charge in [-0.3, -0.25) is 0 Å². The Labute approximate surface area is 149 Å². The molecule has 0 aliphatic rings. The molecule has 2 aromatic carbocycles. The highest BCUT2D eigenvalue weighted by Gasteiger charge is 2.03. The van der Waals surface area contributed by atoms with Crippen LogP contribution in [0.1, 0.15) is 38.2 Å². The predicted molar refractivity (Wildman–Crippen MR) is 102 cm³/mol. The number of hydrogen-bond donors (Lipinski definition) is 1. The summed E-state index contributed by atoms with van der Waals surface area (Å²) in [6, 6.07) is 17.1. The van der Waals surface area contributed by atoms with Gasteiger partial charge in [-0.05, 0) is 29.5 Å². The summed E-state index contributed by atoms with van der Waals surface area (Å²) in [7, 11) is 0. The van der Waals surface area contributed by atoms with E-state index in [4.69, 9.17) is 0 Å². The van der Waals surface area contributed by atoms with Crippen LogP contribution in [0.15, 0.2) is 60.9 Å². The number of rotatable bonds is 7. The first kappa shape index (κ1) is 17.2. The van der Waals surface area contributed by atoms with Crippen LogP contribution < -0.4 is 0 Å². The lowest BCUT2D eigenvalue weighted by Crippen LogP contribution is -1.88. The molecule has 3 aromatic rings. The second-order valence-corrected chi connectivity index (χ2v) is 6.35. The average molecular weight is 332 g/mol. The SMILES string of the molecule is CCCCCCc1ccc(-c2ccc(-c3ncc(O)cn3)cc2)cc1. The Kier molecular flexibility index (Phi) is 5.78. The average Bonchev–Trinajstić information content (AvgIpc) is 2.67. The number of aryl methyl sites for hydroxylation is 1. The number of aromatic hydroxyl groups is 1. The standard InChI is InChI=1S/C22H24N2O/c1-2-3-4-5-6-17-7-9-18(10-8-17)19-11-13-20(14-12-19)22-23-15-21(25)16-24-22/h7-16,25H,2-6H2,1H3. The fourth-order valence-corrected chi connectivity index (χ4v) is 2.90. The van der Waals surface area contributed by atoms with Crippen LogP contribution in [0.25, 0.3) is 22.5 Å². The molecule has 0 saturated heterocycles. The zero-order valence-electron chi connectivity index (χ0n) is 14.7. The molecule has 0 unspecified atom stereocenters. The maximum absolute atomic E-state index is 9.27. The Morgan fingerprint density at radius 1 is 0.720 bits per heavy atom. The van der Waals surface area contributed by atoms with Crippen molar-refractivity contribution in [2.45, 2.75) is 39.0 Å². The molecule has 128 valence electrons. The van der Waals surface area contributed by atoms with Crippen LogP contribution in [-0.2, 0) is 6.42 Å². The summed E-state index contributed by atoms with van der Waals surface area (Å²) in [6.07, 6.45) is 9.19. The summed E-state index contributed by atoms with van der Waals surface area (Å²) in [5.41, 5.74) is 4.75. The van der Waals surface area contributed by atoms with Gasteiger partial charge >= 0.3 is 0 Å². The second kappa shape index (κ2) is 8.43. The van der Waals surface area contributed by atoms with Gasteiger partial charge in [0.1, 0.15) is 0 Å². The van der Waals surface area contributed by atoms with Gasteiger partial charge in [-0.2, -0.15) is 0 Å². The molecule has 0 aliphatic heterocycles. The number of aromatic nitrogens is 2. The van der Waals surface area contributed by atoms with Gasteiger partial charge in [-0.1, -0.05) is 74.7 Å². The monoisotopic (exact) mass is 332 g/mol. The van der Waals surface area contributed by atoms with Gasteiger partial charge in [-0.15, -0.1) is 0 Å². The summed E-state index contributed by atoms with van der Waals surface area (Å²) in [5.74, 6) is 0.696. The molecule has 0 amide bonds. The van der Waals surface area contributed by atoms with Gasteiger partial charge in [-0.25, -0.2) is 9.97 Å². The van der Waals surface area contributed by atoms with Crippen LogP contribution in [0.2, 0.25) is 0 Å². The Morgan fingerprint density at radius 3 is 1.88 bits per heavy atom. The van der Waals surface area contributed by atoms with Crippen LogP contribution in [0, 0.1) is 0 Å².